The van der Waals surface area contributed by atoms with Crippen LogP contribution >= 0.6 is 0 Å². The van der Waals surface area contributed by atoms with E-state index in [1.807, 2.05) is 61.3 Å². The first kappa shape index (κ1) is 18.0. The van der Waals surface area contributed by atoms with Crippen LogP contribution in [0.2, 0.25) is 0 Å². The number of aromatic nitrogens is 2. The highest BCUT2D eigenvalue weighted by molar-refractivity contribution is 7.90. The van der Waals surface area contributed by atoms with Gasteiger partial charge >= 0.3 is 0 Å². The van der Waals surface area contributed by atoms with Gasteiger partial charge in [0.1, 0.15) is 7.05 Å². The second kappa shape index (κ2) is 6.99. The summed E-state index contributed by atoms with van der Waals surface area (Å²) in [6.07, 6.45) is 5.47. The lowest BCUT2D eigenvalue weighted by Crippen LogP contribution is -2.26. The number of hydrogen-bond donors (Lipinski definition) is 0. The van der Waals surface area contributed by atoms with Gasteiger partial charge in [-0.15, -0.1) is 0 Å². The highest BCUT2D eigenvalue weighted by Gasteiger charge is 2.20. The first-order valence-corrected chi connectivity index (χ1v) is 10.3. The largest absolute Gasteiger partial charge is 0.268 e. The molecule has 2 aromatic carbocycles. The SMILES string of the molecule is Cc1ccc(S(=O)(=O)n2cc(C#Cc3ccc[n+](C)c3)c3ccccc32)cc1. The zero-order valence-corrected chi connectivity index (χ0v) is 16.4. The second-order valence-corrected chi connectivity index (χ2v) is 8.50. The number of hydrogen-bond acceptors (Lipinski definition) is 2. The Labute approximate surface area is 164 Å². The molecule has 2 aromatic heterocycles. The number of fused-ring (bicyclic) bond motifs is 1. The van der Waals surface area contributed by atoms with Crippen molar-refractivity contribution >= 4 is 20.9 Å². The Kier molecular flexibility index (Phi) is 4.50. The number of benzene rings is 2. The van der Waals surface area contributed by atoms with E-state index in [4.69, 9.17) is 0 Å². The van der Waals surface area contributed by atoms with E-state index in [1.165, 1.54) is 3.97 Å². The Morgan fingerprint density at radius 3 is 2.43 bits per heavy atom. The molecular formula is C23H19N2O2S+. The minimum Gasteiger partial charge on any atom is -0.240 e. The molecule has 0 bridgehead atoms. The standard InChI is InChI=1S/C23H19N2O2S/c1-18-9-13-21(14-10-18)28(26,27)25-17-20(22-7-3-4-8-23(22)25)12-11-19-6-5-15-24(2)16-19/h3-10,13-17H,1-2H3/q+1. The lowest BCUT2D eigenvalue weighted by atomic mass is 10.1. The van der Waals surface area contributed by atoms with Gasteiger partial charge in [-0.3, -0.25) is 0 Å². The van der Waals surface area contributed by atoms with E-state index >= 15 is 0 Å². The molecule has 28 heavy (non-hydrogen) atoms. The van der Waals surface area contributed by atoms with E-state index in [0.29, 0.717) is 11.1 Å². The Hall–Kier alpha value is -3.36. The van der Waals surface area contributed by atoms with Gasteiger partial charge in [0, 0.05) is 17.6 Å². The molecule has 4 aromatic rings. The average Bonchev–Trinajstić information content (AvgIpc) is 3.06. The summed E-state index contributed by atoms with van der Waals surface area (Å²) in [4.78, 5) is 0.258. The van der Waals surface area contributed by atoms with Crippen molar-refractivity contribution in [3.05, 3.63) is 95.9 Å². The predicted molar refractivity (Wildman–Crippen MR) is 109 cm³/mol. The molecule has 138 valence electrons. The van der Waals surface area contributed by atoms with Crippen LogP contribution in [0.1, 0.15) is 16.7 Å². The molecule has 0 N–H and O–H groups in total. The van der Waals surface area contributed by atoms with Crippen LogP contribution in [0.3, 0.4) is 0 Å². The highest BCUT2D eigenvalue weighted by atomic mass is 32.2. The Morgan fingerprint density at radius 1 is 0.929 bits per heavy atom. The third kappa shape index (κ3) is 3.30. The number of rotatable bonds is 2. The maximum Gasteiger partial charge on any atom is 0.268 e. The molecule has 0 fully saturated rings. The fourth-order valence-corrected chi connectivity index (χ4v) is 4.44. The van der Waals surface area contributed by atoms with Gasteiger partial charge in [-0.1, -0.05) is 47.7 Å². The summed E-state index contributed by atoms with van der Waals surface area (Å²) < 4.78 is 29.7. The smallest absolute Gasteiger partial charge is 0.240 e. The average molecular weight is 387 g/mol. The van der Waals surface area contributed by atoms with Crippen LogP contribution in [0.4, 0.5) is 0 Å². The van der Waals surface area contributed by atoms with Crippen molar-refractivity contribution in [2.45, 2.75) is 11.8 Å². The summed E-state index contributed by atoms with van der Waals surface area (Å²) in [6.45, 7) is 1.93. The minimum absolute atomic E-state index is 0.258. The third-order valence-corrected chi connectivity index (χ3v) is 6.22. The summed E-state index contributed by atoms with van der Waals surface area (Å²) in [5.74, 6) is 6.26. The van der Waals surface area contributed by atoms with Gasteiger partial charge in [0.2, 0.25) is 0 Å². The Balaban J connectivity index is 1.87. The van der Waals surface area contributed by atoms with Gasteiger partial charge in [0.15, 0.2) is 12.4 Å². The maximum absolute atomic E-state index is 13.2. The molecular weight excluding hydrogens is 368 g/mol. The molecule has 0 aliphatic carbocycles. The summed E-state index contributed by atoms with van der Waals surface area (Å²) in [5.41, 5.74) is 3.17. The van der Waals surface area contributed by atoms with Crippen LogP contribution < -0.4 is 4.57 Å². The van der Waals surface area contributed by atoms with E-state index in [-0.39, 0.29) is 4.90 Å². The number of aryl methyl sites for hydroxylation is 2. The van der Waals surface area contributed by atoms with E-state index < -0.39 is 10.0 Å². The van der Waals surface area contributed by atoms with Crippen molar-refractivity contribution in [2.75, 3.05) is 0 Å². The molecule has 2 heterocycles. The Morgan fingerprint density at radius 2 is 1.68 bits per heavy atom. The zero-order valence-electron chi connectivity index (χ0n) is 15.6. The van der Waals surface area contributed by atoms with Crippen LogP contribution in [0.15, 0.2) is 84.1 Å². The van der Waals surface area contributed by atoms with Gasteiger partial charge < -0.3 is 0 Å². The first-order valence-electron chi connectivity index (χ1n) is 8.85. The van der Waals surface area contributed by atoms with Crippen LogP contribution in [0.5, 0.6) is 0 Å². The molecule has 0 saturated heterocycles. The number of nitrogens with zero attached hydrogens (tertiary/aromatic N) is 2. The van der Waals surface area contributed by atoms with Crippen molar-refractivity contribution in [3.63, 3.8) is 0 Å². The molecule has 0 amide bonds. The zero-order chi connectivity index (χ0) is 19.7. The lowest BCUT2D eigenvalue weighted by molar-refractivity contribution is -0.671. The molecule has 4 rings (SSSR count). The number of para-hydroxylation sites is 1. The first-order chi connectivity index (χ1) is 13.4. The summed E-state index contributed by atoms with van der Waals surface area (Å²) >= 11 is 0. The van der Waals surface area contributed by atoms with E-state index in [9.17, 15) is 8.42 Å². The van der Waals surface area contributed by atoms with Gasteiger partial charge in [0.25, 0.3) is 10.0 Å². The van der Waals surface area contributed by atoms with Crippen molar-refractivity contribution in [1.29, 1.82) is 0 Å². The van der Waals surface area contributed by atoms with Gasteiger partial charge in [-0.05, 0) is 31.2 Å². The molecule has 4 nitrogen and oxygen atoms in total. The third-order valence-electron chi connectivity index (χ3n) is 4.54. The van der Waals surface area contributed by atoms with Crippen LogP contribution in [-0.2, 0) is 17.1 Å². The summed E-state index contributed by atoms with van der Waals surface area (Å²) in [7, 11) is -1.77. The highest BCUT2D eigenvalue weighted by Crippen LogP contribution is 2.25. The molecule has 5 heteroatoms. The molecule has 0 radical (unpaired) electrons. The van der Waals surface area contributed by atoms with Crippen LogP contribution in [0.25, 0.3) is 10.9 Å². The minimum atomic E-state index is -3.71. The topological polar surface area (TPSA) is 43.0 Å². The Bertz CT molecular complexity index is 1340. The molecule has 0 aliphatic rings. The number of pyridine rings is 1. The molecule has 0 spiro atoms. The molecule has 0 aliphatic heterocycles. The fourth-order valence-electron chi connectivity index (χ4n) is 3.07. The van der Waals surface area contributed by atoms with E-state index in [0.717, 1.165) is 16.5 Å². The van der Waals surface area contributed by atoms with Crippen LogP contribution in [-0.4, -0.2) is 12.4 Å². The normalized spacial score (nSPS) is 11.2. The van der Waals surface area contributed by atoms with Gasteiger partial charge in [-0.2, -0.15) is 0 Å². The van der Waals surface area contributed by atoms with Crippen LogP contribution in [0, 0.1) is 18.8 Å². The predicted octanol–water partition coefficient (Wildman–Crippen LogP) is 3.41. The van der Waals surface area contributed by atoms with Crippen molar-refractivity contribution in [2.24, 2.45) is 7.05 Å². The second-order valence-electron chi connectivity index (χ2n) is 6.68. The fraction of sp³-hybridized carbons (Fsp3) is 0.0870. The van der Waals surface area contributed by atoms with Gasteiger partial charge in [0.05, 0.1) is 21.5 Å². The van der Waals surface area contributed by atoms with Crippen molar-refractivity contribution in [3.8, 4) is 11.8 Å². The van der Waals surface area contributed by atoms with Gasteiger partial charge in [-0.25, -0.2) is 17.0 Å². The van der Waals surface area contributed by atoms with Crippen molar-refractivity contribution < 1.29 is 13.0 Å². The van der Waals surface area contributed by atoms with E-state index in [2.05, 4.69) is 11.8 Å². The molecule has 0 unspecified atom stereocenters. The molecule has 0 atom stereocenters. The van der Waals surface area contributed by atoms with Crippen molar-refractivity contribution in [1.82, 2.24) is 3.97 Å². The quantitative estimate of drug-likeness (QED) is 0.391. The monoisotopic (exact) mass is 387 g/mol. The molecule has 0 saturated carbocycles. The summed E-state index contributed by atoms with van der Waals surface area (Å²) in [5, 5.41) is 0.811. The summed E-state index contributed by atoms with van der Waals surface area (Å²) in [6, 6.07) is 18.1. The maximum atomic E-state index is 13.2. The van der Waals surface area contributed by atoms with E-state index in [1.54, 1.807) is 36.5 Å². The lowest BCUT2D eigenvalue weighted by Gasteiger charge is -2.07.